The van der Waals surface area contributed by atoms with Crippen molar-refractivity contribution >= 4 is 16.9 Å². The summed E-state index contributed by atoms with van der Waals surface area (Å²) < 4.78 is 5.75. The van der Waals surface area contributed by atoms with Crippen molar-refractivity contribution in [1.29, 1.82) is 5.26 Å². The number of fused-ring (bicyclic) bond motifs is 1. The number of amides is 1. The Kier molecular flexibility index (Phi) is 3.58. The van der Waals surface area contributed by atoms with Crippen LogP contribution in [-0.4, -0.2) is 10.9 Å². The highest BCUT2D eigenvalue weighted by atomic mass is 16.3. The number of aryl methyl sites for hydroxylation is 1. The van der Waals surface area contributed by atoms with E-state index < -0.39 is 0 Å². The Bertz CT molecular complexity index is 873. The summed E-state index contributed by atoms with van der Waals surface area (Å²) in [7, 11) is 0. The van der Waals surface area contributed by atoms with Crippen LogP contribution in [-0.2, 0) is 6.54 Å². The highest BCUT2D eigenvalue weighted by molar-refractivity contribution is 5.94. The molecule has 1 amide bonds. The third kappa shape index (κ3) is 2.54. The van der Waals surface area contributed by atoms with Crippen molar-refractivity contribution < 1.29 is 9.21 Å². The molecule has 0 saturated carbocycles. The van der Waals surface area contributed by atoms with E-state index in [-0.39, 0.29) is 11.6 Å². The molecule has 0 spiro atoms. The lowest BCUT2D eigenvalue weighted by atomic mass is 10.1. The van der Waals surface area contributed by atoms with E-state index in [0.717, 1.165) is 22.3 Å². The summed E-state index contributed by atoms with van der Waals surface area (Å²) in [6.07, 6.45) is 1.39. The van der Waals surface area contributed by atoms with Crippen LogP contribution < -0.4 is 5.32 Å². The SMILES string of the molecule is Cc1c(CNC(=O)c2ccc(C#N)nc2)oc2ccccc12. The Morgan fingerprint density at radius 1 is 1.32 bits per heavy atom. The number of nitrogens with zero attached hydrogens (tertiary/aromatic N) is 2. The first-order valence-corrected chi connectivity index (χ1v) is 6.80. The molecule has 0 fully saturated rings. The first-order valence-electron chi connectivity index (χ1n) is 6.80. The third-order valence-electron chi connectivity index (χ3n) is 3.49. The van der Waals surface area contributed by atoms with Gasteiger partial charge in [0.1, 0.15) is 23.1 Å². The molecule has 0 aliphatic heterocycles. The lowest BCUT2D eigenvalue weighted by molar-refractivity contribution is 0.0948. The minimum absolute atomic E-state index is 0.253. The zero-order chi connectivity index (χ0) is 15.5. The number of aromatic nitrogens is 1. The minimum Gasteiger partial charge on any atom is -0.459 e. The quantitative estimate of drug-likeness (QED) is 0.804. The zero-order valence-electron chi connectivity index (χ0n) is 12.0. The summed E-state index contributed by atoms with van der Waals surface area (Å²) in [5.41, 5.74) is 2.52. The van der Waals surface area contributed by atoms with E-state index in [9.17, 15) is 4.79 Å². The molecule has 0 aliphatic rings. The van der Waals surface area contributed by atoms with Crippen LogP contribution in [0.3, 0.4) is 0 Å². The van der Waals surface area contributed by atoms with Crippen LogP contribution in [0.15, 0.2) is 47.0 Å². The summed E-state index contributed by atoms with van der Waals surface area (Å²) in [4.78, 5) is 15.9. The molecule has 0 aliphatic carbocycles. The molecule has 0 unspecified atom stereocenters. The van der Waals surface area contributed by atoms with Gasteiger partial charge in [-0.3, -0.25) is 4.79 Å². The van der Waals surface area contributed by atoms with Crippen molar-refractivity contribution in [3.8, 4) is 6.07 Å². The lowest BCUT2D eigenvalue weighted by Crippen LogP contribution is -2.23. The van der Waals surface area contributed by atoms with Crippen LogP contribution in [0.25, 0.3) is 11.0 Å². The van der Waals surface area contributed by atoms with E-state index in [1.54, 1.807) is 6.07 Å². The van der Waals surface area contributed by atoms with Gasteiger partial charge in [-0.05, 0) is 25.1 Å². The van der Waals surface area contributed by atoms with E-state index in [2.05, 4.69) is 10.3 Å². The van der Waals surface area contributed by atoms with Gasteiger partial charge in [-0.2, -0.15) is 5.26 Å². The first-order chi connectivity index (χ1) is 10.7. The highest BCUT2D eigenvalue weighted by Gasteiger charge is 2.12. The normalized spacial score (nSPS) is 10.4. The second-order valence-corrected chi connectivity index (χ2v) is 4.87. The number of carbonyl (C=O) groups excluding carboxylic acids is 1. The molecule has 0 saturated heterocycles. The Hall–Kier alpha value is -3.13. The van der Waals surface area contributed by atoms with Crippen molar-refractivity contribution in [2.24, 2.45) is 0 Å². The van der Waals surface area contributed by atoms with Gasteiger partial charge in [-0.1, -0.05) is 18.2 Å². The van der Waals surface area contributed by atoms with Crippen LogP contribution >= 0.6 is 0 Å². The van der Waals surface area contributed by atoms with Crippen LogP contribution in [0.4, 0.5) is 0 Å². The maximum atomic E-state index is 12.1. The zero-order valence-corrected chi connectivity index (χ0v) is 12.0. The molecule has 1 N–H and O–H groups in total. The molecule has 0 bridgehead atoms. The molecule has 22 heavy (non-hydrogen) atoms. The highest BCUT2D eigenvalue weighted by Crippen LogP contribution is 2.24. The predicted octanol–water partition coefficient (Wildman–Crippen LogP) is 2.94. The van der Waals surface area contributed by atoms with E-state index in [1.165, 1.54) is 12.3 Å². The van der Waals surface area contributed by atoms with Gasteiger partial charge in [0.25, 0.3) is 5.91 Å². The molecule has 1 aromatic carbocycles. The molecule has 5 heteroatoms. The fourth-order valence-electron chi connectivity index (χ4n) is 2.25. The number of benzene rings is 1. The van der Waals surface area contributed by atoms with Gasteiger partial charge < -0.3 is 9.73 Å². The van der Waals surface area contributed by atoms with Crippen LogP contribution in [0, 0.1) is 18.3 Å². The molecular weight excluding hydrogens is 278 g/mol. The van der Waals surface area contributed by atoms with E-state index in [4.69, 9.17) is 9.68 Å². The van der Waals surface area contributed by atoms with Crippen LogP contribution in [0.2, 0.25) is 0 Å². The van der Waals surface area contributed by atoms with Gasteiger partial charge in [0, 0.05) is 17.1 Å². The number of carbonyl (C=O) groups is 1. The molecule has 108 valence electrons. The van der Waals surface area contributed by atoms with Crippen molar-refractivity contribution in [3.05, 3.63) is 65.2 Å². The predicted molar refractivity (Wildman–Crippen MR) is 81.1 cm³/mol. The molecule has 5 nitrogen and oxygen atoms in total. The van der Waals surface area contributed by atoms with Gasteiger partial charge in [-0.15, -0.1) is 0 Å². The number of nitrogens with one attached hydrogen (secondary N) is 1. The Morgan fingerprint density at radius 3 is 2.82 bits per heavy atom. The first kappa shape index (κ1) is 13.8. The molecule has 2 heterocycles. The van der Waals surface area contributed by atoms with E-state index in [0.29, 0.717) is 12.1 Å². The van der Waals surface area contributed by atoms with Gasteiger partial charge in [0.05, 0.1) is 12.1 Å². The monoisotopic (exact) mass is 291 g/mol. The van der Waals surface area contributed by atoms with Gasteiger partial charge in [-0.25, -0.2) is 4.98 Å². The Morgan fingerprint density at radius 2 is 2.14 bits per heavy atom. The molecular formula is C17H13N3O2. The average molecular weight is 291 g/mol. The van der Waals surface area contributed by atoms with Crippen LogP contribution in [0.1, 0.15) is 27.4 Å². The largest absolute Gasteiger partial charge is 0.459 e. The average Bonchev–Trinajstić information content (AvgIpc) is 2.89. The third-order valence-corrected chi connectivity index (χ3v) is 3.49. The van der Waals surface area contributed by atoms with Gasteiger partial charge in [0.2, 0.25) is 0 Å². The maximum Gasteiger partial charge on any atom is 0.253 e. The van der Waals surface area contributed by atoms with Crippen molar-refractivity contribution in [3.63, 3.8) is 0 Å². The Balaban J connectivity index is 1.74. The number of para-hydroxylation sites is 1. The minimum atomic E-state index is -0.253. The van der Waals surface area contributed by atoms with Crippen LogP contribution in [0.5, 0.6) is 0 Å². The second kappa shape index (κ2) is 5.70. The smallest absolute Gasteiger partial charge is 0.253 e. The van der Waals surface area contributed by atoms with Gasteiger partial charge >= 0.3 is 0 Å². The number of furan rings is 1. The van der Waals surface area contributed by atoms with Gasteiger partial charge in [0.15, 0.2) is 0 Å². The lowest BCUT2D eigenvalue weighted by Gasteiger charge is -2.03. The van der Waals surface area contributed by atoms with Crippen molar-refractivity contribution in [2.75, 3.05) is 0 Å². The fourth-order valence-corrected chi connectivity index (χ4v) is 2.25. The number of nitriles is 1. The molecule has 0 radical (unpaired) electrons. The van der Waals surface area contributed by atoms with Crippen molar-refractivity contribution in [2.45, 2.75) is 13.5 Å². The van der Waals surface area contributed by atoms with E-state index >= 15 is 0 Å². The maximum absolute atomic E-state index is 12.1. The summed E-state index contributed by atoms with van der Waals surface area (Å²) in [6, 6.07) is 12.8. The molecule has 0 atom stereocenters. The molecule has 2 aromatic heterocycles. The summed E-state index contributed by atoms with van der Waals surface area (Å²) in [6.45, 7) is 2.27. The standard InChI is InChI=1S/C17H13N3O2/c1-11-14-4-2-3-5-15(14)22-16(11)10-20-17(21)12-6-7-13(8-18)19-9-12/h2-7,9H,10H2,1H3,(H,20,21). The Labute approximate surface area is 127 Å². The topological polar surface area (TPSA) is 78.9 Å². The second-order valence-electron chi connectivity index (χ2n) is 4.87. The fraction of sp³-hybridized carbons (Fsp3) is 0.118. The van der Waals surface area contributed by atoms with Crippen molar-refractivity contribution in [1.82, 2.24) is 10.3 Å². The summed E-state index contributed by atoms with van der Waals surface area (Å²) in [5.74, 6) is 0.480. The summed E-state index contributed by atoms with van der Waals surface area (Å²) >= 11 is 0. The van der Waals surface area contributed by atoms with E-state index in [1.807, 2.05) is 37.3 Å². The number of hydrogen-bond acceptors (Lipinski definition) is 4. The number of hydrogen-bond donors (Lipinski definition) is 1. The number of rotatable bonds is 3. The number of pyridine rings is 1. The molecule has 3 rings (SSSR count). The summed E-state index contributed by atoms with van der Waals surface area (Å²) in [5, 5.41) is 12.5. The molecule has 3 aromatic rings.